The van der Waals surface area contributed by atoms with Crippen LogP contribution in [0.5, 0.6) is 11.5 Å². The molecule has 1 N–H and O–H groups in total. The van der Waals surface area contributed by atoms with E-state index in [9.17, 15) is 4.39 Å². The molecule has 1 saturated heterocycles. The summed E-state index contributed by atoms with van der Waals surface area (Å²) in [7, 11) is 1.68. The first-order valence-corrected chi connectivity index (χ1v) is 13.0. The Hall–Kier alpha value is -2.71. The van der Waals surface area contributed by atoms with Gasteiger partial charge >= 0.3 is 0 Å². The first-order chi connectivity index (χ1) is 17.4. The van der Waals surface area contributed by atoms with Crippen LogP contribution >= 0.6 is 0 Å². The average Bonchev–Trinajstić information content (AvgIpc) is 3.69. The van der Waals surface area contributed by atoms with Crippen LogP contribution in [0, 0.1) is 0 Å². The number of benzene rings is 2. The number of aromatic amines is 1. The van der Waals surface area contributed by atoms with Gasteiger partial charge in [0.05, 0.1) is 24.9 Å². The zero-order valence-electron chi connectivity index (χ0n) is 20.7. The Kier molecular flexibility index (Phi) is 5.09. The predicted octanol–water partition coefficient (Wildman–Crippen LogP) is 4.58. The van der Waals surface area contributed by atoms with E-state index in [1.165, 1.54) is 11.1 Å². The van der Waals surface area contributed by atoms with E-state index in [0.29, 0.717) is 25.8 Å². The van der Waals surface area contributed by atoms with Gasteiger partial charge < -0.3 is 9.47 Å². The van der Waals surface area contributed by atoms with Gasteiger partial charge in [-0.1, -0.05) is 6.07 Å². The molecule has 7 rings (SSSR count). The molecule has 3 heterocycles. The Morgan fingerprint density at radius 1 is 1.17 bits per heavy atom. The molecule has 2 aliphatic carbocycles. The Morgan fingerprint density at radius 3 is 2.67 bits per heavy atom. The van der Waals surface area contributed by atoms with Crippen molar-refractivity contribution in [3.8, 4) is 11.5 Å². The summed E-state index contributed by atoms with van der Waals surface area (Å²) in [6, 6.07) is 10.4. The van der Waals surface area contributed by atoms with Crippen molar-refractivity contribution < 1.29 is 18.3 Å². The summed E-state index contributed by atoms with van der Waals surface area (Å²) in [6.45, 7) is 4.12. The van der Waals surface area contributed by atoms with Crippen molar-refractivity contribution in [2.45, 2.75) is 68.7 Å². The van der Waals surface area contributed by atoms with Crippen LogP contribution in [0.2, 0.25) is 0 Å². The van der Waals surface area contributed by atoms with Gasteiger partial charge in [0.25, 0.3) is 0 Å². The number of aromatic nitrogens is 2. The number of ether oxygens (including phenoxy) is 2. The zero-order chi connectivity index (χ0) is 24.6. The molecular formula is C28H32F2N4O2. The number of H-pyrrole nitrogens is 1. The number of hydrogen-bond acceptors (Lipinski definition) is 5. The third kappa shape index (κ3) is 3.77. The SMILES string of the molecule is COc1cc(OC2CN(C3CC3F)C2)ccc1[C@@H]1c2ccc3[nH]ncc3c2C[C@@H](C)N1CC1(F)CC1. The molecule has 1 aromatic heterocycles. The lowest BCUT2D eigenvalue weighted by Gasteiger charge is -2.43. The molecule has 4 aliphatic rings. The lowest BCUT2D eigenvalue weighted by molar-refractivity contribution is 0.00947. The highest BCUT2D eigenvalue weighted by atomic mass is 19.1. The van der Waals surface area contributed by atoms with Crippen LogP contribution in [0.4, 0.5) is 8.78 Å². The van der Waals surface area contributed by atoms with E-state index in [1.54, 1.807) is 7.11 Å². The van der Waals surface area contributed by atoms with Gasteiger partial charge in [-0.05, 0) is 61.9 Å². The third-order valence-electron chi connectivity index (χ3n) is 8.55. The highest BCUT2D eigenvalue weighted by molar-refractivity contribution is 5.83. The normalized spacial score (nSPS) is 29.6. The van der Waals surface area contributed by atoms with Crippen LogP contribution in [0.1, 0.15) is 48.9 Å². The summed E-state index contributed by atoms with van der Waals surface area (Å²) >= 11 is 0. The number of nitrogens with zero attached hydrogens (tertiary/aromatic N) is 3. The van der Waals surface area contributed by atoms with Crippen LogP contribution in [0.15, 0.2) is 36.5 Å². The maximum absolute atomic E-state index is 15.1. The maximum atomic E-state index is 15.1. The third-order valence-corrected chi connectivity index (χ3v) is 8.55. The van der Waals surface area contributed by atoms with Gasteiger partial charge in [-0.2, -0.15) is 5.10 Å². The number of nitrogens with one attached hydrogen (secondary N) is 1. The summed E-state index contributed by atoms with van der Waals surface area (Å²) in [5.74, 6) is 1.48. The Labute approximate surface area is 209 Å². The first kappa shape index (κ1) is 22.5. The van der Waals surface area contributed by atoms with E-state index < -0.39 is 11.8 Å². The number of fused-ring (bicyclic) bond motifs is 3. The van der Waals surface area contributed by atoms with Crippen molar-refractivity contribution in [3.05, 3.63) is 53.2 Å². The summed E-state index contributed by atoms with van der Waals surface area (Å²) in [4.78, 5) is 4.47. The van der Waals surface area contributed by atoms with Gasteiger partial charge in [-0.15, -0.1) is 0 Å². The molecule has 3 fully saturated rings. The van der Waals surface area contributed by atoms with E-state index in [-0.39, 0.29) is 24.2 Å². The number of methoxy groups -OCH3 is 1. The van der Waals surface area contributed by atoms with Crippen molar-refractivity contribution in [2.24, 2.45) is 0 Å². The fraction of sp³-hybridized carbons (Fsp3) is 0.536. The summed E-state index contributed by atoms with van der Waals surface area (Å²) in [6.07, 6.45) is 4.05. The largest absolute Gasteiger partial charge is 0.496 e. The van der Waals surface area contributed by atoms with E-state index in [4.69, 9.17) is 9.47 Å². The Morgan fingerprint density at radius 2 is 1.94 bits per heavy atom. The quantitative estimate of drug-likeness (QED) is 0.521. The molecule has 2 saturated carbocycles. The minimum atomic E-state index is -1.10. The fourth-order valence-electron chi connectivity index (χ4n) is 6.16. The number of hydrogen-bond donors (Lipinski definition) is 1. The predicted molar refractivity (Wildman–Crippen MR) is 133 cm³/mol. The minimum Gasteiger partial charge on any atom is -0.496 e. The van der Waals surface area contributed by atoms with Gasteiger partial charge in [0.1, 0.15) is 29.4 Å². The van der Waals surface area contributed by atoms with E-state index >= 15 is 4.39 Å². The van der Waals surface area contributed by atoms with Gasteiger partial charge in [-0.3, -0.25) is 14.9 Å². The molecule has 8 heteroatoms. The summed E-state index contributed by atoms with van der Waals surface area (Å²) < 4.78 is 40.6. The molecule has 0 bridgehead atoms. The van der Waals surface area contributed by atoms with Crippen LogP contribution in [0.3, 0.4) is 0 Å². The molecule has 2 unspecified atom stereocenters. The lowest BCUT2D eigenvalue weighted by atomic mass is 9.83. The number of likely N-dealkylation sites (tertiary alicyclic amines) is 1. The van der Waals surface area contributed by atoms with Crippen molar-refractivity contribution in [1.29, 1.82) is 0 Å². The number of halogens is 2. The second-order valence-electron chi connectivity index (χ2n) is 11.2. The number of alkyl halides is 2. The monoisotopic (exact) mass is 494 g/mol. The molecule has 0 amide bonds. The molecule has 0 spiro atoms. The molecule has 4 atom stereocenters. The summed E-state index contributed by atoms with van der Waals surface area (Å²) in [5, 5.41) is 8.48. The van der Waals surface area contributed by atoms with Gasteiger partial charge in [0.2, 0.25) is 0 Å². The van der Waals surface area contributed by atoms with E-state index in [2.05, 4.69) is 45.1 Å². The van der Waals surface area contributed by atoms with Crippen molar-refractivity contribution >= 4 is 10.9 Å². The highest BCUT2D eigenvalue weighted by Crippen LogP contribution is 2.48. The first-order valence-electron chi connectivity index (χ1n) is 13.0. The standard InChI is InChI=1S/C28H32F2N4O2/c1-16-9-21-19(5-6-24-22(21)12-31-32-24)27(34(16)15-28(30)7-8-28)20-4-3-17(10-26(20)35-2)36-18-13-33(14-18)25-11-23(25)29/h3-6,10,12,16,18,23,25,27H,7-9,11,13-15H2,1-2H3,(H,31,32)/t16-,23?,25?,27+/m1/s1. The minimum absolute atomic E-state index is 0.0657. The van der Waals surface area contributed by atoms with Gasteiger partial charge in [0.15, 0.2) is 0 Å². The molecule has 2 aromatic carbocycles. The van der Waals surface area contributed by atoms with E-state index in [1.807, 2.05) is 18.3 Å². The second kappa shape index (κ2) is 8.15. The zero-order valence-corrected chi connectivity index (χ0v) is 20.7. The van der Waals surface area contributed by atoms with Crippen molar-refractivity contribution in [1.82, 2.24) is 20.0 Å². The summed E-state index contributed by atoms with van der Waals surface area (Å²) in [5.41, 5.74) is 3.38. The Bertz CT molecular complexity index is 1300. The molecular weight excluding hydrogens is 462 g/mol. The highest BCUT2D eigenvalue weighted by Gasteiger charge is 2.49. The average molecular weight is 495 g/mol. The Balaban J connectivity index is 1.22. The fourth-order valence-corrected chi connectivity index (χ4v) is 6.16. The molecule has 190 valence electrons. The van der Waals surface area contributed by atoms with Crippen LogP contribution in [0.25, 0.3) is 10.9 Å². The van der Waals surface area contributed by atoms with Crippen LogP contribution in [-0.4, -0.2) is 76.8 Å². The van der Waals surface area contributed by atoms with Crippen LogP contribution in [-0.2, 0) is 6.42 Å². The molecule has 36 heavy (non-hydrogen) atoms. The molecule has 6 nitrogen and oxygen atoms in total. The molecule has 3 aromatic rings. The lowest BCUT2D eigenvalue weighted by Crippen LogP contribution is -2.55. The molecule has 2 aliphatic heterocycles. The maximum Gasteiger partial charge on any atom is 0.127 e. The van der Waals surface area contributed by atoms with E-state index in [0.717, 1.165) is 47.5 Å². The van der Waals surface area contributed by atoms with Crippen molar-refractivity contribution in [3.63, 3.8) is 0 Å². The number of rotatable bonds is 7. The second-order valence-corrected chi connectivity index (χ2v) is 11.2. The van der Waals surface area contributed by atoms with Crippen LogP contribution < -0.4 is 9.47 Å². The van der Waals surface area contributed by atoms with Gasteiger partial charge in [0, 0.05) is 48.7 Å². The van der Waals surface area contributed by atoms with Gasteiger partial charge in [-0.25, -0.2) is 8.78 Å². The molecule has 0 radical (unpaired) electrons. The van der Waals surface area contributed by atoms with Crippen molar-refractivity contribution in [2.75, 3.05) is 26.7 Å². The smallest absolute Gasteiger partial charge is 0.127 e. The topological polar surface area (TPSA) is 53.6 Å².